The Hall–Kier alpha value is -0.670. The van der Waals surface area contributed by atoms with Crippen molar-refractivity contribution in [2.24, 2.45) is 0 Å². The first-order valence-corrected chi connectivity index (χ1v) is 8.67. The maximum absolute atomic E-state index is 13.0. The van der Waals surface area contributed by atoms with E-state index in [0.717, 1.165) is 17.4 Å². The third kappa shape index (κ3) is 3.32. The number of aliphatic hydroxyl groups excluding tert-OH is 1. The van der Waals surface area contributed by atoms with Crippen molar-refractivity contribution < 1.29 is 17.9 Å². The fraction of sp³-hybridized carbons (Fsp3) is 0.0909. The molecule has 0 bridgehead atoms. The molecule has 9 heteroatoms. The molecule has 0 amide bonds. The molecule has 1 heterocycles. The molecular formula is C11H8BrClFNO3S2. The molecule has 0 saturated heterocycles. The predicted octanol–water partition coefficient (Wildman–Crippen LogP) is 3.60. The van der Waals surface area contributed by atoms with Gasteiger partial charge in [-0.3, -0.25) is 4.72 Å². The van der Waals surface area contributed by atoms with E-state index in [1.807, 2.05) is 0 Å². The molecule has 2 rings (SSSR count). The van der Waals surface area contributed by atoms with Gasteiger partial charge in [0, 0.05) is 4.88 Å². The summed E-state index contributed by atoms with van der Waals surface area (Å²) < 4.78 is 40.1. The van der Waals surface area contributed by atoms with E-state index < -0.39 is 15.8 Å². The SMILES string of the molecule is O=S(=O)(Nc1ccc(F)c(Cl)c1)c1cc(CO)sc1Br. The lowest BCUT2D eigenvalue weighted by atomic mass is 10.3. The number of halogens is 3. The molecule has 1 aromatic carbocycles. The molecule has 0 radical (unpaired) electrons. The highest BCUT2D eigenvalue weighted by Crippen LogP contribution is 2.33. The van der Waals surface area contributed by atoms with Gasteiger partial charge in [-0.2, -0.15) is 0 Å². The van der Waals surface area contributed by atoms with E-state index in [4.69, 9.17) is 16.7 Å². The smallest absolute Gasteiger partial charge is 0.263 e. The Bertz CT molecular complexity index is 748. The maximum atomic E-state index is 13.0. The van der Waals surface area contributed by atoms with Gasteiger partial charge in [0.15, 0.2) is 0 Å². The molecule has 108 valence electrons. The molecule has 2 aromatic rings. The second kappa shape index (κ2) is 5.98. The molecule has 0 aliphatic carbocycles. The van der Waals surface area contributed by atoms with E-state index >= 15 is 0 Å². The Morgan fingerprint density at radius 3 is 2.65 bits per heavy atom. The number of anilines is 1. The van der Waals surface area contributed by atoms with Crippen LogP contribution in [0.15, 0.2) is 32.9 Å². The summed E-state index contributed by atoms with van der Waals surface area (Å²) in [5, 5.41) is 8.84. The molecule has 0 unspecified atom stereocenters. The van der Waals surface area contributed by atoms with Crippen molar-refractivity contribution in [2.45, 2.75) is 11.5 Å². The first-order valence-electron chi connectivity index (χ1n) is 5.20. The van der Waals surface area contributed by atoms with Crippen molar-refractivity contribution in [2.75, 3.05) is 4.72 Å². The maximum Gasteiger partial charge on any atom is 0.263 e. The van der Waals surface area contributed by atoms with Gasteiger partial charge < -0.3 is 5.11 Å². The van der Waals surface area contributed by atoms with Crippen LogP contribution in [-0.2, 0) is 16.6 Å². The van der Waals surface area contributed by atoms with Crippen LogP contribution in [0.4, 0.5) is 10.1 Å². The summed E-state index contributed by atoms with van der Waals surface area (Å²) in [6.07, 6.45) is 0. The standard InChI is InChI=1S/C11H8BrClFNO3S2/c12-11-10(4-7(5-16)19-11)20(17,18)15-6-1-2-9(14)8(13)3-6/h1-4,15-16H,5H2. The zero-order valence-corrected chi connectivity index (χ0v) is 13.7. The number of aliphatic hydroxyl groups is 1. The van der Waals surface area contributed by atoms with Crippen molar-refractivity contribution in [3.8, 4) is 0 Å². The third-order valence-electron chi connectivity index (χ3n) is 2.32. The van der Waals surface area contributed by atoms with Gasteiger partial charge in [-0.15, -0.1) is 11.3 Å². The Kier molecular flexibility index (Phi) is 4.70. The second-order valence-electron chi connectivity index (χ2n) is 3.74. The van der Waals surface area contributed by atoms with Gasteiger partial charge in [-0.05, 0) is 40.2 Å². The summed E-state index contributed by atoms with van der Waals surface area (Å²) >= 11 is 9.85. The molecule has 0 fully saturated rings. The second-order valence-corrected chi connectivity index (χ2v) is 8.26. The van der Waals surface area contributed by atoms with Gasteiger partial charge >= 0.3 is 0 Å². The van der Waals surface area contributed by atoms with Crippen LogP contribution >= 0.6 is 38.9 Å². The van der Waals surface area contributed by atoms with Crippen LogP contribution in [0.2, 0.25) is 5.02 Å². The number of hydrogen-bond acceptors (Lipinski definition) is 4. The topological polar surface area (TPSA) is 66.4 Å². The van der Waals surface area contributed by atoms with E-state index in [1.165, 1.54) is 18.2 Å². The summed E-state index contributed by atoms with van der Waals surface area (Å²) in [5.41, 5.74) is 0.153. The fourth-order valence-corrected chi connectivity index (χ4v) is 5.20. The van der Waals surface area contributed by atoms with Gasteiger partial charge in [-0.1, -0.05) is 11.6 Å². The first-order chi connectivity index (χ1) is 9.33. The van der Waals surface area contributed by atoms with E-state index in [2.05, 4.69) is 20.7 Å². The van der Waals surface area contributed by atoms with Crippen molar-refractivity contribution >= 4 is 54.6 Å². The van der Waals surface area contributed by atoms with Crippen LogP contribution < -0.4 is 4.72 Å². The number of nitrogens with one attached hydrogen (secondary N) is 1. The number of sulfonamides is 1. The Morgan fingerprint density at radius 2 is 2.10 bits per heavy atom. The Labute approximate surface area is 132 Å². The largest absolute Gasteiger partial charge is 0.391 e. The average Bonchev–Trinajstić information content (AvgIpc) is 2.76. The highest BCUT2D eigenvalue weighted by atomic mass is 79.9. The van der Waals surface area contributed by atoms with E-state index in [0.29, 0.717) is 8.66 Å². The summed E-state index contributed by atoms with van der Waals surface area (Å²) in [5.74, 6) is -0.631. The Balaban J connectivity index is 2.35. The highest BCUT2D eigenvalue weighted by molar-refractivity contribution is 9.11. The fourth-order valence-electron chi connectivity index (χ4n) is 1.43. The molecule has 1 aromatic heterocycles. The van der Waals surface area contributed by atoms with E-state index in [9.17, 15) is 12.8 Å². The molecule has 4 nitrogen and oxygen atoms in total. The molecule has 0 aliphatic heterocycles. The number of hydrogen-bond donors (Lipinski definition) is 2. The van der Waals surface area contributed by atoms with Crippen molar-refractivity contribution in [3.63, 3.8) is 0 Å². The molecule has 0 aliphatic rings. The van der Waals surface area contributed by atoms with Crippen LogP contribution in [0.3, 0.4) is 0 Å². The minimum atomic E-state index is -3.84. The highest BCUT2D eigenvalue weighted by Gasteiger charge is 2.21. The molecular weight excluding hydrogens is 393 g/mol. The Morgan fingerprint density at radius 1 is 1.40 bits per heavy atom. The third-order valence-corrected chi connectivity index (χ3v) is 6.23. The molecule has 2 N–H and O–H groups in total. The first kappa shape index (κ1) is 15.7. The lowest BCUT2D eigenvalue weighted by molar-refractivity contribution is 0.285. The lowest BCUT2D eigenvalue weighted by Gasteiger charge is -2.07. The summed E-state index contributed by atoms with van der Waals surface area (Å²) in [6, 6.07) is 4.89. The van der Waals surface area contributed by atoms with Crippen LogP contribution in [-0.4, -0.2) is 13.5 Å². The number of rotatable bonds is 4. The van der Waals surface area contributed by atoms with Crippen molar-refractivity contribution in [3.05, 3.63) is 43.8 Å². The van der Waals surface area contributed by atoms with Crippen LogP contribution in [0, 0.1) is 5.82 Å². The number of benzene rings is 1. The quantitative estimate of drug-likeness (QED) is 0.824. The lowest BCUT2D eigenvalue weighted by Crippen LogP contribution is -2.12. The molecule has 0 spiro atoms. The van der Waals surface area contributed by atoms with Crippen LogP contribution in [0.1, 0.15) is 4.88 Å². The zero-order valence-electron chi connectivity index (χ0n) is 9.73. The van der Waals surface area contributed by atoms with Gasteiger partial charge in [0.05, 0.1) is 21.1 Å². The normalized spacial score (nSPS) is 11.6. The zero-order chi connectivity index (χ0) is 14.9. The van der Waals surface area contributed by atoms with Gasteiger partial charge in [0.1, 0.15) is 10.7 Å². The predicted molar refractivity (Wildman–Crippen MR) is 80.2 cm³/mol. The van der Waals surface area contributed by atoms with Crippen molar-refractivity contribution in [1.29, 1.82) is 0 Å². The van der Waals surface area contributed by atoms with E-state index in [-0.39, 0.29) is 22.2 Å². The monoisotopic (exact) mass is 399 g/mol. The van der Waals surface area contributed by atoms with Crippen LogP contribution in [0.25, 0.3) is 0 Å². The minimum Gasteiger partial charge on any atom is -0.391 e. The average molecular weight is 401 g/mol. The number of thiophene rings is 1. The van der Waals surface area contributed by atoms with Gasteiger partial charge in [-0.25, -0.2) is 12.8 Å². The molecule has 0 saturated carbocycles. The summed E-state index contributed by atoms with van der Waals surface area (Å²) in [7, 11) is -3.84. The summed E-state index contributed by atoms with van der Waals surface area (Å²) in [4.78, 5) is 0.515. The van der Waals surface area contributed by atoms with E-state index in [1.54, 1.807) is 0 Å². The summed E-state index contributed by atoms with van der Waals surface area (Å²) in [6.45, 7) is -0.249. The van der Waals surface area contributed by atoms with Crippen molar-refractivity contribution in [1.82, 2.24) is 0 Å². The minimum absolute atomic E-state index is 0.00648. The van der Waals surface area contributed by atoms with Crippen LogP contribution in [0.5, 0.6) is 0 Å². The molecule has 20 heavy (non-hydrogen) atoms. The van der Waals surface area contributed by atoms with Gasteiger partial charge in [0.2, 0.25) is 0 Å². The van der Waals surface area contributed by atoms with Gasteiger partial charge in [0.25, 0.3) is 10.0 Å². The molecule has 0 atom stereocenters.